The van der Waals surface area contributed by atoms with Crippen LogP contribution in [0.2, 0.25) is 0 Å². The predicted octanol–water partition coefficient (Wildman–Crippen LogP) is 3.88. The third-order valence-electron chi connectivity index (χ3n) is 3.31. The Labute approximate surface area is 109 Å². The van der Waals surface area contributed by atoms with Gasteiger partial charge in [-0.05, 0) is 11.1 Å². The number of rotatable bonds is 2. The zero-order valence-corrected chi connectivity index (χ0v) is 11.0. The lowest BCUT2D eigenvalue weighted by atomic mass is 9.84. The Balaban J connectivity index is 2.10. The zero-order chi connectivity index (χ0) is 12.3. The summed E-state index contributed by atoms with van der Waals surface area (Å²) in [7, 11) is 0.104. The summed E-state index contributed by atoms with van der Waals surface area (Å²) in [5, 5.41) is 0. The molecule has 2 aromatic rings. The van der Waals surface area contributed by atoms with Crippen molar-refractivity contribution < 1.29 is 9.05 Å². The van der Waals surface area contributed by atoms with E-state index in [0.717, 1.165) is 13.0 Å². The first-order valence-corrected chi connectivity index (χ1v) is 6.89. The molecule has 3 heteroatoms. The van der Waals surface area contributed by atoms with Crippen LogP contribution in [0.15, 0.2) is 60.7 Å². The van der Waals surface area contributed by atoms with Gasteiger partial charge < -0.3 is 9.05 Å². The van der Waals surface area contributed by atoms with Crippen molar-refractivity contribution in [1.29, 1.82) is 0 Å². The Morgan fingerprint density at radius 3 is 1.83 bits per heavy atom. The summed E-state index contributed by atoms with van der Waals surface area (Å²) in [4.78, 5) is 0. The Kier molecular flexibility index (Phi) is 3.42. The normalized spacial score (nSPS) is 19.8. The topological polar surface area (TPSA) is 18.5 Å². The molecule has 1 fully saturated rings. The lowest BCUT2D eigenvalue weighted by Gasteiger charge is -2.37. The summed E-state index contributed by atoms with van der Waals surface area (Å²) in [6, 6.07) is 20.8. The molecule has 92 valence electrons. The van der Waals surface area contributed by atoms with Crippen molar-refractivity contribution in [3.8, 4) is 0 Å². The van der Waals surface area contributed by atoms with Crippen LogP contribution in [0, 0.1) is 0 Å². The third kappa shape index (κ3) is 2.08. The monoisotopic (exact) mass is 258 g/mol. The van der Waals surface area contributed by atoms with E-state index in [0.29, 0.717) is 0 Å². The van der Waals surface area contributed by atoms with E-state index in [1.807, 2.05) is 12.1 Å². The molecule has 0 aromatic heterocycles. The van der Waals surface area contributed by atoms with Gasteiger partial charge in [-0.15, -0.1) is 0 Å². The van der Waals surface area contributed by atoms with Gasteiger partial charge in [0, 0.05) is 6.42 Å². The van der Waals surface area contributed by atoms with Crippen molar-refractivity contribution in [2.24, 2.45) is 0 Å². The Morgan fingerprint density at radius 2 is 1.39 bits per heavy atom. The van der Waals surface area contributed by atoms with Gasteiger partial charge >= 0.3 is 0 Å². The predicted molar refractivity (Wildman–Crippen MR) is 73.6 cm³/mol. The van der Waals surface area contributed by atoms with Crippen molar-refractivity contribution in [1.82, 2.24) is 0 Å². The molecule has 1 aliphatic heterocycles. The van der Waals surface area contributed by atoms with Crippen LogP contribution in [0.25, 0.3) is 0 Å². The average Bonchev–Trinajstić information content (AvgIpc) is 2.50. The molecule has 0 N–H and O–H groups in total. The van der Waals surface area contributed by atoms with Crippen molar-refractivity contribution in [2.75, 3.05) is 6.61 Å². The van der Waals surface area contributed by atoms with E-state index < -0.39 is 0 Å². The molecule has 0 amide bonds. The molecule has 18 heavy (non-hydrogen) atoms. The highest BCUT2D eigenvalue weighted by atomic mass is 31.1. The summed E-state index contributed by atoms with van der Waals surface area (Å²) in [5.74, 6) is 0. The van der Waals surface area contributed by atoms with Crippen LogP contribution in [0.5, 0.6) is 0 Å². The maximum Gasteiger partial charge on any atom is 0.156 e. The highest BCUT2D eigenvalue weighted by molar-refractivity contribution is 7.26. The summed E-state index contributed by atoms with van der Waals surface area (Å²) >= 11 is 0. The van der Waals surface area contributed by atoms with Gasteiger partial charge in [0.2, 0.25) is 0 Å². The van der Waals surface area contributed by atoms with Crippen LogP contribution in [0.4, 0.5) is 0 Å². The van der Waals surface area contributed by atoms with Crippen LogP contribution in [-0.2, 0) is 14.6 Å². The molecule has 1 heterocycles. The van der Waals surface area contributed by atoms with Crippen LogP contribution in [0.3, 0.4) is 0 Å². The lowest BCUT2D eigenvalue weighted by Crippen LogP contribution is -2.32. The van der Waals surface area contributed by atoms with Crippen LogP contribution in [-0.4, -0.2) is 6.61 Å². The molecule has 0 bridgehead atoms. The maximum atomic E-state index is 6.04. The molecular formula is C15H15O2P. The standard InChI is InChI=1S/C15H15O2P/c1-3-7-13(8-4-1)15(11-12-16-18-17-15)14-9-5-2-6-10-14/h1-10,18H,11-12H2. The molecule has 0 aliphatic carbocycles. The summed E-state index contributed by atoms with van der Waals surface area (Å²) in [6.07, 6.45) is 0.855. The molecule has 0 spiro atoms. The highest BCUT2D eigenvalue weighted by Crippen LogP contribution is 2.45. The minimum absolute atomic E-state index is 0.104. The van der Waals surface area contributed by atoms with Gasteiger partial charge in [-0.25, -0.2) is 0 Å². The Morgan fingerprint density at radius 1 is 0.833 bits per heavy atom. The van der Waals surface area contributed by atoms with Crippen molar-refractivity contribution >= 4 is 9.03 Å². The number of benzene rings is 2. The van der Waals surface area contributed by atoms with Crippen molar-refractivity contribution in [3.05, 3.63) is 71.8 Å². The molecule has 1 aliphatic rings. The second kappa shape index (κ2) is 5.19. The molecule has 0 saturated carbocycles. The van der Waals surface area contributed by atoms with Gasteiger partial charge in [0.25, 0.3) is 0 Å². The molecule has 1 atom stereocenters. The summed E-state index contributed by atoms with van der Waals surface area (Å²) in [6.45, 7) is 0.738. The fourth-order valence-electron chi connectivity index (χ4n) is 2.38. The first kappa shape index (κ1) is 11.9. The second-order valence-electron chi connectivity index (χ2n) is 4.34. The van der Waals surface area contributed by atoms with Gasteiger partial charge in [-0.3, -0.25) is 0 Å². The fourth-order valence-corrected chi connectivity index (χ4v) is 3.10. The summed E-state index contributed by atoms with van der Waals surface area (Å²) in [5.41, 5.74) is 2.05. The second-order valence-corrected chi connectivity index (χ2v) is 5.00. The largest absolute Gasteiger partial charge is 0.336 e. The lowest BCUT2D eigenvalue weighted by molar-refractivity contribution is 0.0488. The Hall–Kier alpha value is -1.21. The molecule has 2 aromatic carbocycles. The quantitative estimate of drug-likeness (QED) is 0.761. The molecule has 2 nitrogen and oxygen atoms in total. The van der Waals surface area contributed by atoms with Gasteiger partial charge in [0.1, 0.15) is 5.60 Å². The number of hydrogen-bond acceptors (Lipinski definition) is 2. The van der Waals surface area contributed by atoms with Gasteiger partial charge in [-0.2, -0.15) is 0 Å². The molecule has 1 unspecified atom stereocenters. The minimum Gasteiger partial charge on any atom is -0.336 e. The third-order valence-corrected chi connectivity index (χ3v) is 4.06. The first-order valence-electron chi connectivity index (χ1n) is 6.08. The van der Waals surface area contributed by atoms with E-state index in [9.17, 15) is 0 Å². The van der Waals surface area contributed by atoms with Crippen LogP contribution in [0.1, 0.15) is 17.5 Å². The van der Waals surface area contributed by atoms with Crippen LogP contribution >= 0.6 is 9.03 Å². The van der Waals surface area contributed by atoms with E-state index in [1.165, 1.54) is 11.1 Å². The first-order chi connectivity index (χ1) is 8.92. The number of hydrogen-bond donors (Lipinski definition) is 0. The van der Waals surface area contributed by atoms with E-state index in [1.54, 1.807) is 0 Å². The van der Waals surface area contributed by atoms with Crippen LogP contribution < -0.4 is 0 Å². The van der Waals surface area contributed by atoms with Gasteiger partial charge in [-0.1, -0.05) is 60.7 Å². The van der Waals surface area contributed by atoms with Gasteiger partial charge in [0.05, 0.1) is 6.61 Å². The smallest absolute Gasteiger partial charge is 0.156 e. The fraction of sp³-hybridized carbons (Fsp3) is 0.200. The van der Waals surface area contributed by atoms with E-state index in [2.05, 4.69) is 48.5 Å². The van der Waals surface area contributed by atoms with E-state index in [-0.39, 0.29) is 14.6 Å². The molecule has 3 rings (SSSR count). The van der Waals surface area contributed by atoms with Crippen molar-refractivity contribution in [2.45, 2.75) is 12.0 Å². The maximum absolute atomic E-state index is 6.04. The zero-order valence-electron chi connectivity index (χ0n) is 10.0. The highest BCUT2D eigenvalue weighted by Gasteiger charge is 2.37. The Bertz CT molecular complexity index is 451. The SMILES string of the molecule is c1ccc(C2(c3ccccc3)CCOPO2)cc1. The molecule has 0 radical (unpaired) electrons. The molecular weight excluding hydrogens is 243 g/mol. The summed E-state index contributed by atoms with van der Waals surface area (Å²) < 4.78 is 11.4. The molecule has 1 saturated heterocycles. The van der Waals surface area contributed by atoms with Gasteiger partial charge in [0.15, 0.2) is 9.03 Å². The van der Waals surface area contributed by atoms with E-state index >= 15 is 0 Å². The van der Waals surface area contributed by atoms with E-state index in [4.69, 9.17) is 9.05 Å². The average molecular weight is 258 g/mol. The van der Waals surface area contributed by atoms with Crippen molar-refractivity contribution in [3.63, 3.8) is 0 Å². The minimum atomic E-state index is -0.348.